The molecule has 6 heteroatoms. The van der Waals surface area contributed by atoms with Crippen molar-refractivity contribution in [2.24, 2.45) is 5.92 Å². The van der Waals surface area contributed by atoms with Crippen LogP contribution in [0.3, 0.4) is 0 Å². The number of carbonyl (C=O) groups is 2. The highest BCUT2D eigenvalue weighted by atomic mass is 16.5. The molecule has 1 aromatic carbocycles. The predicted octanol–water partition coefficient (Wildman–Crippen LogP) is 1.30. The summed E-state index contributed by atoms with van der Waals surface area (Å²) >= 11 is 0. The van der Waals surface area contributed by atoms with Gasteiger partial charge in [-0.15, -0.1) is 0 Å². The van der Waals surface area contributed by atoms with Gasteiger partial charge in [-0.25, -0.2) is 0 Å². The van der Waals surface area contributed by atoms with Gasteiger partial charge >= 0.3 is 5.97 Å². The topological polar surface area (TPSA) is 83.6 Å². The van der Waals surface area contributed by atoms with Crippen LogP contribution in [0.4, 0.5) is 0 Å². The summed E-state index contributed by atoms with van der Waals surface area (Å²) in [5.74, 6) is -1.40. The van der Waals surface area contributed by atoms with Gasteiger partial charge in [-0.3, -0.25) is 9.59 Å². The lowest BCUT2D eigenvalue weighted by Crippen LogP contribution is -2.31. The summed E-state index contributed by atoms with van der Waals surface area (Å²) in [7, 11) is 0. The molecule has 0 unspecified atom stereocenters. The Kier molecular flexibility index (Phi) is 3.14. The maximum Gasteiger partial charge on any atom is 0.308 e. The van der Waals surface area contributed by atoms with E-state index >= 15 is 0 Å². The molecule has 2 aromatic rings. The van der Waals surface area contributed by atoms with E-state index in [2.05, 4.69) is 5.16 Å². The van der Waals surface area contributed by atoms with Gasteiger partial charge in [-0.2, -0.15) is 0 Å². The fraction of sp³-hybridized carbons (Fsp3) is 0.357. The summed E-state index contributed by atoms with van der Waals surface area (Å²) < 4.78 is 5.16. The van der Waals surface area contributed by atoms with Crippen LogP contribution in [-0.2, 0) is 16.0 Å². The van der Waals surface area contributed by atoms with Crippen LogP contribution in [0.5, 0.6) is 0 Å². The van der Waals surface area contributed by atoms with Gasteiger partial charge in [-0.1, -0.05) is 17.3 Å². The molecule has 2 heterocycles. The van der Waals surface area contributed by atoms with Crippen LogP contribution in [-0.4, -0.2) is 40.1 Å². The van der Waals surface area contributed by atoms with Crippen LogP contribution < -0.4 is 0 Å². The number of carboxylic acid groups (broad SMARTS) is 1. The van der Waals surface area contributed by atoms with Crippen LogP contribution in [0.15, 0.2) is 28.8 Å². The Bertz CT molecular complexity index is 664. The number of fused-ring (bicyclic) bond motifs is 1. The van der Waals surface area contributed by atoms with Crippen LogP contribution in [0, 0.1) is 5.92 Å². The number of aromatic nitrogens is 1. The van der Waals surface area contributed by atoms with E-state index < -0.39 is 11.9 Å². The lowest BCUT2D eigenvalue weighted by Gasteiger charge is -2.14. The normalized spacial score (nSPS) is 18.6. The predicted molar refractivity (Wildman–Crippen MR) is 70.0 cm³/mol. The van der Waals surface area contributed by atoms with Crippen molar-refractivity contribution < 1.29 is 19.2 Å². The van der Waals surface area contributed by atoms with Crippen LogP contribution in [0.2, 0.25) is 0 Å². The van der Waals surface area contributed by atoms with E-state index in [0.29, 0.717) is 24.2 Å². The quantitative estimate of drug-likeness (QED) is 0.912. The number of carboxylic acids is 1. The number of nitrogens with zero attached hydrogens (tertiary/aromatic N) is 2. The van der Waals surface area contributed by atoms with Crippen molar-refractivity contribution in [3.63, 3.8) is 0 Å². The fourth-order valence-corrected chi connectivity index (χ4v) is 2.51. The van der Waals surface area contributed by atoms with Gasteiger partial charge in [0, 0.05) is 18.5 Å². The van der Waals surface area contributed by atoms with E-state index in [-0.39, 0.29) is 18.9 Å². The first-order chi connectivity index (χ1) is 9.65. The van der Waals surface area contributed by atoms with Crippen molar-refractivity contribution >= 4 is 22.8 Å². The van der Waals surface area contributed by atoms with Crippen molar-refractivity contribution in [2.45, 2.75) is 12.8 Å². The first kappa shape index (κ1) is 12.7. The van der Waals surface area contributed by atoms with Gasteiger partial charge in [0.2, 0.25) is 5.91 Å². The van der Waals surface area contributed by atoms with Crippen LogP contribution in [0.25, 0.3) is 11.0 Å². The SMILES string of the molecule is O=C(O)[C@H]1CCN(C(=O)Cc2noc3ccccc23)C1. The highest BCUT2D eigenvalue weighted by molar-refractivity contribution is 5.86. The highest BCUT2D eigenvalue weighted by Crippen LogP contribution is 2.21. The standard InChI is InChI=1S/C14H14N2O4/c17-13(16-6-5-9(8-16)14(18)19)7-11-10-3-1-2-4-12(10)20-15-11/h1-4,9H,5-8H2,(H,18,19)/t9-/m0/s1. The van der Waals surface area contributed by atoms with Gasteiger partial charge in [0.05, 0.1) is 12.3 Å². The maximum atomic E-state index is 12.2. The molecule has 6 nitrogen and oxygen atoms in total. The summed E-state index contributed by atoms with van der Waals surface area (Å²) in [4.78, 5) is 24.7. The van der Waals surface area contributed by atoms with Crippen molar-refractivity contribution in [3.8, 4) is 0 Å². The van der Waals surface area contributed by atoms with E-state index in [1.54, 1.807) is 11.0 Å². The minimum atomic E-state index is -0.841. The second-order valence-electron chi connectivity index (χ2n) is 4.97. The zero-order valence-electron chi connectivity index (χ0n) is 10.8. The Morgan fingerprint density at radius 2 is 2.20 bits per heavy atom. The number of rotatable bonds is 3. The van der Waals surface area contributed by atoms with Crippen LogP contribution >= 0.6 is 0 Å². The molecule has 1 aromatic heterocycles. The van der Waals surface area contributed by atoms with Gasteiger partial charge in [-0.05, 0) is 18.6 Å². The third-order valence-electron chi connectivity index (χ3n) is 3.66. The third kappa shape index (κ3) is 2.24. The summed E-state index contributed by atoms with van der Waals surface area (Å²) in [6, 6.07) is 7.37. The number of benzene rings is 1. The number of aliphatic carboxylic acids is 1. The van der Waals surface area contributed by atoms with Gasteiger partial charge in [0.25, 0.3) is 0 Å². The third-order valence-corrected chi connectivity index (χ3v) is 3.66. The highest BCUT2D eigenvalue weighted by Gasteiger charge is 2.31. The average molecular weight is 274 g/mol. The molecular weight excluding hydrogens is 260 g/mol. The Morgan fingerprint density at radius 1 is 1.40 bits per heavy atom. The second kappa shape index (κ2) is 4.96. The molecule has 1 amide bonds. The van der Waals surface area contributed by atoms with E-state index in [1.807, 2.05) is 18.2 Å². The number of para-hydroxylation sites is 1. The van der Waals surface area contributed by atoms with E-state index in [4.69, 9.17) is 9.63 Å². The Labute approximate surface area is 115 Å². The molecule has 0 spiro atoms. The molecule has 0 bridgehead atoms. The largest absolute Gasteiger partial charge is 0.481 e. The summed E-state index contributed by atoms with van der Waals surface area (Å²) in [6.45, 7) is 0.773. The number of hydrogen-bond acceptors (Lipinski definition) is 4. The molecule has 0 radical (unpaired) electrons. The molecule has 1 atom stereocenters. The van der Waals surface area contributed by atoms with E-state index in [9.17, 15) is 9.59 Å². The summed E-state index contributed by atoms with van der Waals surface area (Å²) in [5.41, 5.74) is 1.25. The summed E-state index contributed by atoms with van der Waals surface area (Å²) in [5, 5.41) is 13.7. The maximum absolute atomic E-state index is 12.2. The monoisotopic (exact) mass is 274 g/mol. The molecule has 104 valence electrons. The van der Waals surface area contributed by atoms with Gasteiger partial charge < -0.3 is 14.5 Å². The smallest absolute Gasteiger partial charge is 0.308 e. The van der Waals surface area contributed by atoms with Crippen LogP contribution in [0.1, 0.15) is 12.1 Å². The van der Waals surface area contributed by atoms with E-state index in [0.717, 1.165) is 5.39 Å². The lowest BCUT2D eigenvalue weighted by molar-refractivity contribution is -0.141. The number of hydrogen-bond donors (Lipinski definition) is 1. The molecule has 0 saturated carbocycles. The molecule has 3 rings (SSSR count). The van der Waals surface area contributed by atoms with Gasteiger partial charge in [0.15, 0.2) is 5.58 Å². The molecule has 1 N–H and O–H groups in total. The average Bonchev–Trinajstić information content (AvgIpc) is 3.06. The minimum absolute atomic E-state index is 0.104. The Balaban J connectivity index is 1.72. The molecule has 1 fully saturated rings. The molecule has 1 saturated heterocycles. The molecule has 1 aliphatic rings. The molecule has 1 aliphatic heterocycles. The zero-order valence-corrected chi connectivity index (χ0v) is 10.8. The van der Waals surface area contributed by atoms with Crippen molar-refractivity contribution in [1.29, 1.82) is 0 Å². The van der Waals surface area contributed by atoms with Crippen molar-refractivity contribution in [1.82, 2.24) is 10.1 Å². The lowest BCUT2D eigenvalue weighted by atomic mass is 10.1. The number of carbonyl (C=O) groups excluding carboxylic acids is 1. The molecule has 0 aliphatic carbocycles. The minimum Gasteiger partial charge on any atom is -0.481 e. The number of likely N-dealkylation sites (tertiary alicyclic amines) is 1. The van der Waals surface area contributed by atoms with Crippen molar-refractivity contribution in [2.75, 3.05) is 13.1 Å². The van der Waals surface area contributed by atoms with E-state index in [1.165, 1.54) is 0 Å². The van der Waals surface area contributed by atoms with Gasteiger partial charge in [0.1, 0.15) is 5.69 Å². The second-order valence-corrected chi connectivity index (χ2v) is 4.97. The Morgan fingerprint density at radius 3 is 2.95 bits per heavy atom. The first-order valence-corrected chi connectivity index (χ1v) is 6.49. The fourth-order valence-electron chi connectivity index (χ4n) is 2.51. The Hall–Kier alpha value is -2.37. The first-order valence-electron chi connectivity index (χ1n) is 6.49. The zero-order chi connectivity index (χ0) is 14.1. The summed E-state index contributed by atoms with van der Waals surface area (Å²) in [6.07, 6.45) is 0.657. The number of amides is 1. The molecule has 20 heavy (non-hydrogen) atoms. The van der Waals surface area contributed by atoms with Crippen molar-refractivity contribution in [3.05, 3.63) is 30.0 Å². The molecular formula is C14H14N2O4.